The number of hydrogen-bond acceptors (Lipinski definition) is 4. The summed E-state index contributed by atoms with van der Waals surface area (Å²) in [6.07, 6.45) is 0. The summed E-state index contributed by atoms with van der Waals surface area (Å²) in [6.45, 7) is 6.14. The van der Waals surface area contributed by atoms with E-state index in [9.17, 15) is 9.59 Å². The maximum absolute atomic E-state index is 11.9. The number of hydrogen-bond donors (Lipinski definition) is 3. The minimum Gasteiger partial charge on any atom is -0.475 e. The van der Waals surface area contributed by atoms with Gasteiger partial charge in [0.2, 0.25) is 5.76 Å². The molecule has 0 saturated heterocycles. The van der Waals surface area contributed by atoms with Crippen LogP contribution in [-0.2, 0) is 12.0 Å². The minimum atomic E-state index is -1.14. The van der Waals surface area contributed by atoms with Crippen LogP contribution in [0, 0.1) is 0 Å². The molecule has 112 valence electrons. The Morgan fingerprint density at radius 2 is 2.10 bits per heavy atom. The molecule has 0 atom stereocenters. The number of H-pyrrole nitrogens is 1. The van der Waals surface area contributed by atoms with E-state index in [2.05, 4.69) is 15.5 Å². The fourth-order valence-electron chi connectivity index (χ4n) is 1.67. The number of nitrogens with zero attached hydrogens (tertiary/aromatic N) is 1. The second-order valence-electron chi connectivity index (χ2n) is 5.67. The van der Waals surface area contributed by atoms with Gasteiger partial charge in [-0.15, -0.1) is 0 Å². The third kappa shape index (κ3) is 3.50. The number of amides is 1. The number of carboxylic acids is 1. The molecule has 7 heteroatoms. The topological polar surface area (TPSA) is 108 Å². The van der Waals surface area contributed by atoms with Gasteiger partial charge in [-0.2, -0.15) is 5.10 Å². The Balaban J connectivity index is 1.98. The van der Waals surface area contributed by atoms with E-state index < -0.39 is 5.97 Å². The van der Waals surface area contributed by atoms with Crippen molar-refractivity contribution in [2.24, 2.45) is 0 Å². The molecule has 0 aliphatic rings. The molecule has 0 aliphatic carbocycles. The summed E-state index contributed by atoms with van der Waals surface area (Å²) < 4.78 is 5.05. The van der Waals surface area contributed by atoms with Crippen LogP contribution in [0.15, 0.2) is 22.6 Å². The predicted octanol–water partition coefficient (Wildman–Crippen LogP) is 1.93. The standard InChI is InChI=1S/C14H17N3O4/c1-14(2,3)11-6-9(16-17-11)12(18)15-7-8-4-5-10(21-8)13(19)20/h4-6H,7H2,1-3H3,(H,15,18)(H,16,17)(H,19,20). The highest BCUT2D eigenvalue weighted by molar-refractivity contribution is 5.92. The molecule has 0 unspecified atom stereocenters. The lowest BCUT2D eigenvalue weighted by Gasteiger charge is -2.14. The fourth-order valence-corrected chi connectivity index (χ4v) is 1.67. The number of carbonyl (C=O) groups excluding carboxylic acids is 1. The second-order valence-corrected chi connectivity index (χ2v) is 5.67. The smallest absolute Gasteiger partial charge is 0.371 e. The first-order chi connectivity index (χ1) is 9.77. The Bertz CT molecular complexity index is 664. The molecule has 3 N–H and O–H groups in total. The van der Waals surface area contributed by atoms with Gasteiger partial charge in [0, 0.05) is 11.1 Å². The van der Waals surface area contributed by atoms with Crippen LogP contribution in [0.4, 0.5) is 0 Å². The number of carboxylic acid groups (broad SMARTS) is 1. The average molecular weight is 291 g/mol. The number of aromatic amines is 1. The van der Waals surface area contributed by atoms with Gasteiger partial charge in [-0.05, 0) is 18.2 Å². The van der Waals surface area contributed by atoms with Gasteiger partial charge in [0.05, 0.1) is 6.54 Å². The molecule has 7 nitrogen and oxygen atoms in total. The molecule has 0 saturated carbocycles. The molecule has 0 aliphatic heterocycles. The van der Waals surface area contributed by atoms with E-state index >= 15 is 0 Å². The lowest BCUT2D eigenvalue weighted by Crippen LogP contribution is -2.23. The average Bonchev–Trinajstić information content (AvgIpc) is 3.04. The molecule has 21 heavy (non-hydrogen) atoms. The van der Waals surface area contributed by atoms with Crippen molar-refractivity contribution < 1.29 is 19.1 Å². The minimum absolute atomic E-state index is 0.101. The first-order valence-corrected chi connectivity index (χ1v) is 6.43. The number of carbonyl (C=O) groups is 2. The molecule has 0 spiro atoms. The van der Waals surface area contributed by atoms with Gasteiger partial charge in [-0.25, -0.2) is 4.79 Å². The zero-order valence-corrected chi connectivity index (χ0v) is 12.1. The summed E-state index contributed by atoms with van der Waals surface area (Å²) in [5, 5.41) is 18.2. The zero-order chi connectivity index (χ0) is 15.6. The molecule has 0 aromatic carbocycles. The van der Waals surface area contributed by atoms with Crippen LogP contribution in [0.1, 0.15) is 53.3 Å². The molecule has 1 amide bonds. The van der Waals surface area contributed by atoms with Gasteiger partial charge in [0.25, 0.3) is 5.91 Å². The molecule has 2 heterocycles. The summed E-state index contributed by atoms with van der Waals surface area (Å²) in [5.74, 6) is -1.29. The molecule has 0 radical (unpaired) electrons. The van der Waals surface area contributed by atoms with Gasteiger partial charge in [0.15, 0.2) is 0 Å². The number of aromatic carboxylic acids is 1. The van der Waals surface area contributed by atoms with Crippen LogP contribution in [-0.4, -0.2) is 27.2 Å². The van der Waals surface area contributed by atoms with Crippen LogP contribution >= 0.6 is 0 Å². The van der Waals surface area contributed by atoms with Crippen LogP contribution < -0.4 is 5.32 Å². The lowest BCUT2D eigenvalue weighted by molar-refractivity contribution is 0.0660. The molecule has 2 rings (SSSR count). The van der Waals surface area contributed by atoms with Gasteiger partial charge in [-0.1, -0.05) is 20.8 Å². The Morgan fingerprint density at radius 1 is 1.38 bits per heavy atom. The highest BCUT2D eigenvalue weighted by Gasteiger charge is 2.19. The molecular formula is C14H17N3O4. The molecule has 0 bridgehead atoms. The van der Waals surface area contributed by atoms with Gasteiger partial charge >= 0.3 is 5.97 Å². The number of furan rings is 1. The summed E-state index contributed by atoms with van der Waals surface area (Å²) in [5.41, 5.74) is 1.02. The number of nitrogens with one attached hydrogen (secondary N) is 2. The Morgan fingerprint density at radius 3 is 2.62 bits per heavy atom. The van der Waals surface area contributed by atoms with Crippen molar-refractivity contribution in [2.45, 2.75) is 32.7 Å². The predicted molar refractivity (Wildman–Crippen MR) is 74.1 cm³/mol. The van der Waals surface area contributed by atoms with Crippen molar-refractivity contribution in [1.82, 2.24) is 15.5 Å². The first kappa shape index (κ1) is 14.8. The third-order valence-electron chi connectivity index (χ3n) is 2.91. The summed E-state index contributed by atoms with van der Waals surface area (Å²) >= 11 is 0. The maximum Gasteiger partial charge on any atom is 0.371 e. The Kier molecular flexibility index (Phi) is 3.84. The lowest BCUT2D eigenvalue weighted by atomic mass is 9.92. The van der Waals surface area contributed by atoms with E-state index in [1.54, 1.807) is 6.07 Å². The van der Waals surface area contributed by atoms with E-state index in [4.69, 9.17) is 9.52 Å². The van der Waals surface area contributed by atoms with Gasteiger partial charge < -0.3 is 14.8 Å². The number of aromatic nitrogens is 2. The van der Waals surface area contributed by atoms with E-state index in [-0.39, 0.29) is 29.3 Å². The molecular weight excluding hydrogens is 274 g/mol. The van der Waals surface area contributed by atoms with Crippen molar-refractivity contribution in [3.05, 3.63) is 41.1 Å². The highest BCUT2D eigenvalue weighted by atomic mass is 16.4. The van der Waals surface area contributed by atoms with Crippen molar-refractivity contribution in [2.75, 3.05) is 0 Å². The van der Waals surface area contributed by atoms with Crippen LogP contribution in [0.25, 0.3) is 0 Å². The zero-order valence-electron chi connectivity index (χ0n) is 12.1. The normalized spacial score (nSPS) is 11.4. The maximum atomic E-state index is 11.9. The van der Waals surface area contributed by atoms with E-state index in [0.29, 0.717) is 5.76 Å². The Labute approximate surface area is 121 Å². The molecule has 2 aromatic heterocycles. The quantitative estimate of drug-likeness (QED) is 0.797. The Hall–Kier alpha value is -2.57. The highest BCUT2D eigenvalue weighted by Crippen LogP contribution is 2.20. The molecule has 2 aromatic rings. The van der Waals surface area contributed by atoms with E-state index in [1.165, 1.54) is 12.1 Å². The van der Waals surface area contributed by atoms with Crippen molar-refractivity contribution >= 4 is 11.9 Å². The summed E-state index contributed by atoms with van der Waals surface area (Å²) in [6, 6.07) is 4.55. The van der Waals surface area contributed by atoms with Gasteiger partial charge in [0.1, 0.15) is 11.5 Å². The monoisotopic (exact) mass is 291 g/mol. The number of rotatable bonds is 4. The van der Waals surface area contributed by atoms with Crippen LogP contribution in [0.2, 0.25) is 0 Å². The largest absolute Gasteiger partial charge is 0.475 e. The van der Waals surface area contributed by atoms with Crippen molar-refractivity contribution in [3.8, 4) is 0 Å². The van der Waals surface area contributed by atoms with Gasteiger partial charge in [-0.3, -0.25) is 9.89 Å². The first-order valence-electron chi connectivity index (χ1n) is 6.43. The fraction of sp³-hybridized carbons (Fsp3) is 0.357. The van der Waals surface area contributed by atoms with Crippen LogP contribution in [0.5, 0.6) is 0 Å². The molecule has 0 fully saturated rings. The summed E-state index contributed by atoms with van der Waals surface area (Å²) in [4.78, 5) is 22.6. The third-order valence-corrected chi connectivity index (χ3v) is 2.91. The van der Waals surface area contributed by atoms with E-state index in [1.807, 2.05) is 20.8 Å². The van der Waals surface area contributed by atoms with Crippen molar-refractivity contribution in [3.63, 3.8) is 0 Å². The van der Waals surface area contributed by atoms with Crippen LogP contribution in [0.3, 0.4) is 0 Å². The summed E-state index contributed by atoms with van der Waals surface area (Å²) in [7, 11) is 0. The van der Waals surface area contributed by atoms with Crippen molar-refractivity contribution in [1.29, 1.82) is 0 Å². The van der Waals surface area contributed by atoms with E-state index in [0.717, 1.165) is 5.69 Å². The SMILES string of the molecule is CC(C)(C)c1cc(C(=O)NCc2ccc(C(=O)O)o2)n[nH]1. The second kappa shape index (κ2) is 5.43.